The Morgan fingerprint density at radius 1 is 1.06 bits per heavy atom. The Kier molecular flexibility index (Phi) is 4.41. The predicted octanol–water partition coefficient (Wildman–Crippen LogP) is 2.08. The Morgan fingerprint density at radius 2 is 1.61 bits per heavy atom. The molecule has 1 atom stereocenters. The van der Waals surface area contributed by atoms with E-state index in [1.165, 1.54) is 0 Å². The van der Waals surface area contributed by atoms with Crippen LogP contribution in [0.2, 0.25) is 0 Å². The largest absolute Gasteiger partial charge is 0.340 e. The number of rotatable bonds is 5. The van der Waals surface area contributed by atoms with E-state index in [-0.39, 0.29) is 11.8 Å². The number of hydrogen-bond donors (Lipinski definition) is 1. The zero-order valence-corrected chi connectivity index (χ0v) is 12.3. The third kappa shape index (κ3) is 2.02. The third-order valence-electron chi connectivity index (χ3n) is 4.44. The Hall–Kier alpha value is -1.06. The maximum Gasteiger partial charge on any atom is 0.249 e. The van der Waals surface area contributed by atoms with Gasteiger partial charge in [0.1, 0.15) is 11.1 Å². The topological polar surface area (TPSA) is 49.4 Å². The van der Waals surface area contributed by atoms with Gasteiger partial charge in [0.2, 0.25) is 11.8 Å². The molecule has 0 aromatic heterocycles. The van der Waals surface area contributed by atoms with E-state index in [4.69, 9.17) is 0 Å². The lowest BCUT2D eigenvalue weighted by Gasteiger charge is -2.50. The molecule has 1 aliphatic rings. The van der Waals surface area contributed by atoms with Crippen molar-refractivity contribution < 1.29 is 9.59 Å². The van der Waals surface area contributed by atoms with Crippen LogP contribution in [0.3, 0.4) is 0 Å². The summed E-state index contributed by atoms with van der Waals surface area (Å²) in [5.41, 5.74) is -1.39. The molecule has 1 aliphatic heterocycles. The summed E-state index contributed by atoms with van der Waals surface area (Å²) in [4.78, 5) is 26.9. The van der Waals surface area contributed by atoms with Gasteiger partial charge in [0, 0.05) is 6.54 Å². The first-order valence-corrected chi connectivity index (χ1v) is 7.06. The predicted molar refractivity (Wildman–Crippen MR) is 72.2 cm³/mol. The second-order valence-electron chi connectivity index (χ2n) is 5.33. The Labute approximate surface area is 110 Å². The molecular weight excluding hydrogens is 228 g/mol. The van der Waals surface area contributed by atoms with Crippen LogP contribution >= 0.6 is 0 Å². The van der Waals surface area contributed by atoms with Gasteiger partial charge in [0.25, 0.3) is 0 Å². The minimum absolute atomic E-state index is 0.0123. The van der Waals surface area contributed by atoms with E-state index < -0.39 is 11.1 Å². The maximum absolute atomic E-state index is 12.7. The highest BCUT2D eigenvalue weighted by Crippen LogP contribution is 2.32. The molecule has 0 aromatic rings. The fourth-order valence-electron chi connectivity index (χ4n) is 2.66. The van der Waals surface area contributed by atoms with E-state index in [0.29, 0.717) is 25.8 Å². The molecule has 18 heavy (non-hydrogen) atoms. The van der Waals surface area contributed by atoms with E-state index in [9.17, 15) is 9.59 Å². The Balaban J connectivity index is 3.20. The molecule has 2 amide bonds. The summed E-state index contributed by atoms with van der Waals surface area (Å²) < 4.78 is 0. The van der Waals surface area contributed by atoms with Crippen LogP contribution in [0.1, 0.15) is 60.3 Å². The fourth-order valence-corrected chi connectivity index (χ4v) is 2.66. The van der Waals surface area contributed by atoms with Crippen molar-refractivity contribution in [2.45, 2.75) is 71.4 Å². The van der Waals surface area contributed by atoms with Crippen molar-refractivity contribution in [3.63, 3.8) is 0 Å². The van der Waals surface area contributed by atoms with Crippen LogP contribution in [-0.2, 0) is 9.59 Å². The van der Waals surface area contributed by atoms with Crippen molar-refractivity contribution in [1.29, 1.82) is 0 Å². The molecule has 1 fully saturated rings. The number of carbonyl (C=O) groups excluding carboxylic acids is 2. The monoisotopic (exact) mass is 254 g/mol. The van der Waals surface area contributed by atoms with Crippen LogP contribution < -0.4 is 5.32 Å². The highest BCUT2D eigenvalue weighted by Gasteiger charge is 2.53. The second kappa shape index (κ2) is 5.29. The average molecular weight is 254 g/mol. The molecule has 0 aromatic carbocycles. The third-order valence-corrected chi connectivity index (χ3v) is 4.44. The number of hydrogen-bond acceptors (Lipinski definition) is 2. The summed E-state index contributed by atoms with van der Waals surface area (Å²) in [6.07, 6.45) is 2.81. The van der Waals surface area contributed by atoms with E-state index in [2.05, 4.69) is 5.32 Å². The minimum Gasteiger partial charge on any atom is -0.340 e. The van der Waals surface area contributed by atoms with Crippen molar-refractivity contribution >= 4 is 11.8 Å². The smallest absolute Gasteiger partial charge is 0.249 e. The zero-order valence-electron chi connectivity index (χ0n) is 12.3. The first-order chi connectivity index (χ1) is 8.41. The van der Waals surface area contributed by atoms with Crippen molar-refractivity contribution in [1.82, 2.24) is 10.2 Å². The molecule has 0 bridgehead atoms. The van der Waals surface area contributed by atoms with E-state index in [0.717, 1.165) is 6.42 Å². The van der Waals surface area contributed by atoms with Gasteiger partial charge in [0.15, 0.2) is 0 Å². The summed E-state index contributed by atoms with van der Waals surface area (Å²) in [5, 5.41) is 2.98. The van der Waals surface area contributed by atoms with Crippen LogP contribution in [0.5, 0.6) is 0 Å². The lowest BCUT2D eigenvalue weighted by atomic mass is 9.81. The van der Waals surface area contributed by atoms with Gasteiger partial charge in [0.05, 0.1) is 0 Å². The van der Waals surface area contributed by atoms with Crippen LogP contribution in [0, 0.1) is 0 Å². The van der Waals surface area contributed by atoms with E-state index in [1.54, 1.807) is 4.90 Å². The molecule has 104 valence electrons. The Bertz CT molecular complexity index is 334. The standard InChI is InChI=1S/C14H26N2O2/c1-6-10-16-12(18)14(8-3,9-4)15-11(17)13(16,5)7-2/h6-10H2,1-5H3,(H,15,17). The van der Waals surface area contributed by atoms with Gasteiger partial charge in [-0.1, -0.05) is 27.7 Å². The molecular formula is C14H26N2O2. The molecule has 1 rings (SSSR count). The quantitative estimate of drug-likeness (QED) is 0.816. The van der Waals surface area contributed by atoms with Crippen molar-refractivity contribution in [3.8, 4) is 0 Å². The molecule has 4 heteroatoms. The maximum atomic E-state index is 12.7. The number of nitrogens with zero attached hydrogens (tertiary/aromatic N) is 1. The molecule has 1 unspecified atom stereocenters. The van der Waals surface area contributed by atoms with Crippen LogP contribution in [-0.4, -0.2) is 34.3 Å². The van der Waals surface area contributed by atoms with Gasteiger partial charge in [-0.3, -0.25) is 9.59 Å². The SMILES string of the molecule is CCCN1C(=O)C(CC)(CC)NC(=O)C1(C)CC. The lowest BCUT2D eigenvalue weighted by Crippen LogP contribution is -2.74. The highest BCUT2D eigenvalue weighted by atomic mass is 16.2. The van der Waals surface area contributed by atoms with Crippen molar-refractivity contribution in [2.75, 3.05) is 6.54 Å². The van der Waals surface area contributed by atoms with Crippen molar-refractivity contribution in [2.24, 2.45) is 0 Å². The van der Waals surface area contributed by atoms with Gasteiger partial charge in [-0.05, 0) is 32.6 Å². The van der Waals surface area contributed by atoms with E-state index >= 15 is 0 Å². The molecule has 0 radical (unpaired) electrons. The number of amides is 2. The van der Waals surface area contributed by atoms with Crippen LogP contribution in [0.4, 0.5) is 0 Å². The summed E-state index contributed by atoms with van der Waals surface area (Å²) >= 11 is 0. The summed E-state index contributed by atoms with van der Waals surface area (Å²) in [6, 6.07) is 0. The van der Waals surface area contributed by atoms with Gasteiger partial charge in [-0.15, -0.1) is 0 Å². The molecule has 1 saturated heterocycles. The summed E-state index contributed by atoms with van der Waals surface area (Å²) in [7, 11) is 0. The number of piperazine rings is 1. The minimum atomic E-state index is -0.694. The zero-order chi connectivity index (χ0) is 14.0. The van der Waals surface area contributed by atoms with Gasteiger partial charge < -0.3 is 10.2 Å². The normalized spacial score (nSPS) is 27.3. The van der Waals surface area contributed by atoms with Gasteiger partial charge in [-0.25, -0.2) is 0 Å². The second-order valence-corrected chi connectivity index (χ2v) is 5.33. The summed E-state index contributed by atoms with van der Waals surface area (Å²) in [5.74, 6) is 0.0695. The van der Waals surface area contributed by atoms with Crippen molar-refractivity contribution in [3.05, 3.63) is 0 Å². The molecule has 1 N–H and O–H groups in total. The average Bonchev–Trinajstić information content (AvgIpc) is 2.39. The van der Waals surface area contributed by atoms with Crippen LogP contribution in [0.15, 0.2) is 0 Å². The van der Waals surface area contributed by atoms with Gasteiger partial charge in [-0.2, -0.15) is 0 Å². The molecule has 0 saturated carbocycles. The van der Waals surface area contributed by atoms with Crippen LogP contribution in [0.25, 0.3) is 0 Å². The molecule has 0 spiro atoms. The first kappa shape index (κ1) is 15.0. The lowest BCUT2D eigenvalue weighted by molar-refractivity contribution is -0.163. The number of nitrogens with one attached hydrogen (secondary N) is 1. The molecule has 0 aliphatic carbocycles. The molecule has 4 nitrogen and oxygen atoms in total. The van der Waals surface area contributed by atoms with Gasteiger partial charge >= 0.3 is 0 Å². The Morgan fingerprint density at radius 3 is 2.00 bits per heavy atom. The highest BCUT2D eigenvalue weighted by molar-refractivity contribution is 6.02. The summed E-state index contributed by atoms with van der Waals surface area (Å²) in [6.45, 7) is 10.4. The fraction of sp³-hybridized carbons (Fsp3) is 0.857. The first-order valence-electron chi connectivity index (χ1n) is 7.06. The van der Waals surface area contributed by atoms with E-state index in [1.807, 2.05) is 34.6 Å². The number of carbonyl (C=O) groups is 2. The molecule has 1 heterocycles.